The Morgan fingerprint density at radius 2 is 2.05 bits per heavy atom. The molecule has 104 valence electrons. The summed E-state index contributed by atoms with van der Waals surface area (Å²) in [6.45, 7) is 4.23. The Morgan fingerprint density at radius 3 is 2.84 bits per heavy atom. The first-order valence-electron chi connectivity index (χ1n) is 7.22. The highest BCUT2D eigenvalue weighted by Crippen LogP contribution is 2.30. The van der Waals surface area contributed by atoms with Gasteiger partial charge in [-0.15, -0.1) is 0 Å². The molecule has 19 heavy (non-hydrogen) atoms. The summed E-state index contributed by atoms with van der Waals surface area (Å²) >= 11 is 0. The molecule has 4 nitrogen and oxygen atoms in total. The Balaban J connectivity index is 1.84. The molecule has 2 unspecified atom stereocenters. The summed E-state index contributed by atoms with van der Waals surface area (Å²) in [6.07, 6.45) is 3.87. The van der Waals surface area contributed by atoms with E-state index in [2.05, 4.69) is 21.8 Å². The molecule has 2 aliphatic heterocycles. The Labute approximate surface area is 115 Å². The van der Waals surface area contributed by atoms with Crippen LogP contribution in [0.4, 0.5) is 5.82 Å². The quantitative estimate of drug-likeness (QED) is 0.877. The van der Waals surface area contributed by atoms with Crippen LogP contribution in [0, 0.1) is 6.92 Å². The third-order valence-corrected chi connectivity index (χ3v) is 4.65. The molecule has 2 bridgehead atoms. The second-order valence-electron chi connectivity index (χ2n) is 5.92. The molecule has 3 rings (SSSR count). The van der Waals surface area contributed by atoms with Gasteiger partial charge in [0.15, 0.2) is 0 Å². The molecule has 1 aromatic rings. The van der Waals surface area contributed by atoms with Gasteiger partial charge in [0.1, 0.15) is 5.82 Å². The molecule has 2 saturated heterocycles. The average molecular weight is 261 g/mol. The lowest BCUT2D eigenvalue weighted by Gasteiger charge is -2.27. The van der Waals surface area contributed by atoms with E-state index < -0.39 is 0 Å². The first-order chi connectivity index (χ1) is 9.17. The van der Waals surface area contributed by atoms with Crippen LogP contribution < -0.4 is 4.90 Å². The summed E-state index contributed by atoms with van der Waals surface area (Å²) in [7, 11) is 2.26. The standard InChI is InChI=1S/C15H23N3O/c1-11-7-12(10-19)8-15(16-11)18-6-5-13-3-4-14(9-18)17(13)2/h7-8,13-14,19H,3-6,9-10H2,1-2H3. The molecule has 0 aliphatic carbocycles. The SMILES string of the molecule is Cc1cc(CO)cc(N2CCC3CCC(C2)N3C)n1. The number of aliphatic hydroxyl groups excluding tert-OH is 1. The molecule has 2 aliphatic rings. The van der Waals surface area contributed by atoms with E-state index in [0.717, 1.165) is 36.2 Å². The van der Waals surface area contributed by atoms with Gasteiger partial charge in [0.25, 0.3) is 0 Å². The molecule has 0 radical (unpaired) electrons. The number of likely N-dealkylation sites (N-methyl/N-ethyl adjacent to an activating group) is 1. The van der Waals surface area contributed by atoms with E-state index in [0.29, 0.717) is 6.04 Å². The van der Waals surface area contributed by atoms with Crippen molar-refractivity contribution in [3.8, 4) is 0 Å². The highest BCUT2D eigenvalue weighted by Gasteiger charge is 2.34. The molecular weight excluding hydrogens is 238 g/mol. The lowest BCUT2D eigenvalue weighted by atomic mass is 10.1. The molecule has 4 heteroatoms. The molecule has 0 saturated carbocycles. The molecule has 0 spiro atoms. The minimum atomic E-state index is 0.0934. The maximum atomic E-state index is 9.33. The summed E-state index contributed by atoms with van der Waals surface area (Å²) in [5.74, 6) is 1.03. The topological polar surface area (TPSA) is 39.6 Å². The maximum absolute atomic E-state index is 9.33. The third kappa shape index (κ3) is 2.47. The minimum absolute atomic E-state index is 0.0934. The van der Waals surface area contributed by atoms with Crippen LogP contribution in [0.5, 0.6) is 0 Å². The number of pyridine rings is 1. The van der Waals surface area contributed by atoms with E-state index in [4.69, 9.17) is 0 Å². The second kappa shape index (κ2) is 5.10. The number of aromatic nitrogens is 1. The molecular formula is C15H23N3O. The van der Waals surface area contributed by atoms with E-state index in [-0.39, 0.29) is 6.61 Å². The fraction of sp³-hybridized carbons (Fsp3) is 0.667. The van der Waals surface area contributed by atoms with E-state index in [9.17, 15) is 5.11 Å². The van der Waals surface area contributed by atoms with E-state index in [1.165, 1.54) is 19.3 Å². The van der Waals surface area contributed by atoms with Crippen LogP contribution in [0.15, 0.2) is 12.1 Å². The van der Waals surface area contributed by atoms with Crippen molar-refractivity contribution < 1.29 is 5.11 Å². The van der Waals surface area contributed by atoms with E-state index in [1.807, 2.05) is 19.1 Å². The predicted molar refractivity (Wildman–Crippen MR) is 76.3 cm³/mol. The van der Waals surface area contributed by atoms with Gasteiger partial charge in [0.05, 0.1) is 6.61 Å². The van der Waals surface area contributed by atoms with Crippen molar-refractivity contribution >= 4 is 5.82 Å². The summed E-state index contributed by atoms with van der Waals surface area (Å²) in [5, 5.41) is 9.33. The molecule has 2 atom stereocenters. The number of nitrogens with zero attached hydrogens (tertiary/aromatic N) is 3. The monoisotopic (exact) mass is 261 g/mol. The summed E-state index contributed by atoms with van der Waals surface area (Å²) in [6, 6.07) is 5.40. The van der Waals surface area contributed by atoms with Crippen LogP contribution in [0.2, 0.25) is 0 Å². The molecule has 0 aromatic carbocycles. The van der Waals surface area contributed by atoms with Crippen molar-refractivity contribution in [3.05, 3.63) is 23.4 Å². The highest BCUT2D eigenvalue weighted by atomic mass is 16.3. The summed E-state index contributed by atoms with van der Waals surface area (Å²) < 4.78 is 0. The second-order valence-corrected chi connectivity index (χ2v) is 5.92. The molecule has 0 amide bonds. The number of fused-ring (bicyclic) bond motifs is 2. The van der Waals surface area contributed by atoms with Crippen molar-refractivity contribution in [2.75, 3.05) is 25.0 Å². The van der Waals surface area contributed by atoms with Gasteiger partial charge in [-0.05, 0) is 50.9 Å². The Hall–Kier alpha value is -1.13. The predicted octanol–water partition coefficient (Wildman–Crippen LogP) is 1.56. The van der Waals surface area contributed by atoms with E-state index >= 15 is 0 Å². The molecule has 1 N–H and O–H groups in total. The lowest BCUT2D eigenvalue weighted by molar-refractivity contribution is 0.254. The third-order valence-electron chi connectivity index (χ3n) is 4.65. The zero-order valence-corrected chi connectivity index (χ0v) is 11.8. The Bertz CT molecular complexity index is 463. The smallest absolute Gasteiger partial charge is 0.129 e. The number of anilines is 1. The first-order valence-corrected chi connectivity index (χ1v) is 7.22. The first kappa shape index (κ1) is 12.9. The van der Waals surface area contributed by atoms with Gasteiger partial charge in [-0.3, -0.25) is 4.90 Å². The van der Waals surface area contributed by atoms with Crippen molar-refractivity contribution in [2.45, 2.75) is 44.9 Å². The molecule has 2 fully saturated rings. The Kier molecular flexibility index (Phi) is 3.46. The van der Waals surface area contributed by atoms with Crippen LogP contribution in [0.1, 0.15) is 30.5 Å². The fourth-order valence-electron chi connectivity index (χ4n) is 3.49. The van der Waals surface area contributed by atoms with Crippen molar-refractivity contribution in [1.29, 1.82) is 0 Å². The highest BCUT2D eigenvalue weighted by molar-refractivity contribution is 5.43. The zero-order valence-electron chi connectivity index (χ0n) is 11.8. The Morgan fingerprint density at radius 1 is 1.26 bits per heavy atom. The lowest BCUT2D eigenvalue weighted by Crippen LogP contribution is -2.37. The summed E-state index contributed by atoms with van der Waals surface area (Å²) in [4.78, 5) is 9.59. The van der Waals surface area contributed by atoms with Crippen molar-refractivity contribution in [1.82, 2.24) is 9.88 Å². The molecule has 1 aromatic heterocycles. The number of rotatable bonds is 2. The zero-order chi connectivity index (χ0) is 13.4. The van der Waals surface area contributed by atoms with Crippen LogP contribution in [0.3, 0.4) is 0 Å². The minimum Gasteiger partial charge on any atom is -0.392 e. The van der Waals surface area contributed by atoms with Crippen molar-refractivity contribution in [2.24, 2.45) is 0 Å². The van der Waals surface area contributed by atoms with Gasteiger partial charge in [0, 0.05) is 30.9 Å². The fourth-order valence-corrected chi connectivity index (χ4v) is 3.49. The number of aliphatic hydroxyl groups is 1. The van der Waals surface area contributed by atoms with Gasteiger partial charge in [-0.25, -0.2) is 4.98 Å². The van der Waals surface area contributed by atoms with Gasteiger partial charge >= 0.3 is 0 Å². The van der Waals surface area contributed by atoms with Crippen LogP contribution in [-0.2, 0) is 6.61 Å². The average Bonchev–Trinajstić information content (AvgIpc) is 2.62. The number of hydrogen-bond acceptors (Lipinski definition) is 4. The normalized spacial score (nSPS) is 27.6. The number of aryl methyl sites for hydroxylation is 1. The van der Waals surface area contributed by atoms with E-state index in [1.54, 1.807) is 0 Å². The molecule has 3 heterocycles. The van der Waals surface area contributed by atoms with Crippen LogP contribution >= 0.6 is 0 Å². The van der Waals surface area contributed by atoms with Gasteiger partial charge in [-0.2, -0.15) is 0 Å². The van der Waals surface area contributed by atoms with Gasteiger partial charge in [0.2, 0.25) is 0 Å². The van der Waals surface area contributed by atoms with Crippen molar-refractivity contribution in [3.63, 3.8) is 0 Å². The van der Waals surface area contributed by atoms with Gasteiger partial charge in [-0.1, -0.05) is 0 Å². The van der Waals surface area contributed by atoms with Crippen LogP contribution in [0.25, 0.3) is 0 Å². The maximum Gasteiger partial charge on any atom is 0.129 e. The summed E-state index contributed by atoms with van der Waals surface area (Å²) in [5.41, 5.74) is 1.95. The number of hydrogen-bond donors (Lipinski definition) is 1. The van der Waals surface area contributed by atoms with Crippen LogP contribution in [-0.4, -0.2) is 47.2 Å². The van der Waals surface area contributed by atoms with Gasteiger partial charge < -0.3 is 10.0 Å². The largest absolute Gasteiger partial charge is 0.392 e.